The summed E-state index contributed by atoms with van der Waals surface area (Å²) in [4.78, 5) is 0. The zero-order valence-electron chi connectivity index (χ0n) is 13.7. The Hall–Kier alpha value is -2.50. The maximum atomic E-state index is 12.8. The van der Waals surface area contributed by atoms with E-state index in [4.69, 9.17) is 0 Å². The van der Waals surface area contributed by atoms with Crippen molar-refractivity contribution in [1.29, 1.82) is 0 Å². The first kappa shape index (κ1) is 19.8. The molecule has 0 aromatic heterocycles. The lowest BCUT2D eigenvalue weighted by Crippen LogP contribution is -2.05. The van der Waals surface area contributed by atoms with Crippen LogP contribution in [0.3, 0.4) is 0 Å². The highest BCUT2D eigenvalue weighted by atomic mass is 19.4. The van der Waals surface area contributed by atoms with E-state index in [1.165, 1.54) is 24.3 Å². The maximum Gasteiger partial charge on any atom is 0.416 e. The number of halogens is 6. The predicted molar refractivity (Wildman–Crippen MR) is 90.2 cm³/mol. The summed E-state index contributed by atoms with van der Waals surface area (Å²) in [6.07, 6.45) is -8.32. The van der Waals surface area contributed by atoms with Crippen molar-refractivity contribution in [2.24, 2.45) is 0 Å². The van der Waals surface area contributed by atoms with Crippen LogP contribution >= 0.6 is 0 Å². The van der Waals surface area contributed by atoms with E-state index in [0.717, 1.165) is 24.3 Å². The SMILES string of the molecule is C=C(CCC(=C)c1cccc(C(F)(F)F)c1)c1cccc(C(F)(F)F)c1. The van der Waals surface area contributed by atoms with Crippen LogP contribution < -0.4 is 0 Å². The van der Waals surface area contributed by atoms with Gasteiger partial charge in [-0.05, 0) is 59.4 Å². The van der Waals surface area contributed by atoms with Crippen molar-refractivity contribution in [3.63, 3.8) is 0 Å². The van der Waals surface area contributed by atoms with Gasteiger partial charge in [0.05, 0.1) is 11.1 Å². The molecule has 0 saturated carbocycles. The molecule has 138 valence electrons. The monoisotopic (exact) mass is 370 g/mol. The van der Waals surface area contributed by atoms with Crippen molar-refractivity contribution in [3.05, 3.63) is 83.9 Å². The molecule has 0 aliphatic carbocycles. The summed E-state index contributed by atoms with van der Waals surface area (Å²) in [5.74, 6) is 0. The first-order chi connectivity index (χ1) is 12.0. The Morgan fingerprint density at radius 3 is 1.31 bits per heavy atom. The highest BCUT2D eigenvalue weighted by Crippen LogP contribution is 2.34. The van der Waals surface area contributed by atoms with Gasteiger partial charge in [-0.25, -0.2) is 0 Å². The Bertz CT molecular complexity index is 742. The normalized spacial score (nSPS) is 12.1. The summed E-state index contributed by atoms with van der Waals surface area (Å²) in [5.41, 5.74) is 0.0718. The molecule has 0 fully saturated rings. The number of hydrogen-bond acceptors (Lipinski definition) is 0. The zero-order chi connectivity index (χ0) is 19.5. The van der Waals surface area contributed by atoms with Gasteiger partial charge in [0.15, 0.2) is 0 Å². The molecule has 6 heteroatoms. The molecule has 0 atom stereocenters. The maximum absolute atomic E-state index is 12.8. The minimum Gasteiger partial charge on any atom is -0.166 e. The highest BCUT2D eigenvalue weighted by Gasteiger charge is 2.31. The molecule has 0 aliphatic rings. The van der Waals surface area contributed by atoms with Crippen molar-refractivity contribution in [1.82, 2.24) is 0 Å². The van der Waals surface area contributed by atoms with Gasteiger partial charge in [0, 0.05) is 0 Å². The third-order valence-electron chi connectivity index (χ3n) is 3.92. The molecule has 0 heterocycles. The van der Waals surface area contributed by atoms with Gasteiger partial charge >= 0.3 is 12.4 Å². The number of allylic oxidation sites excluding steroid dienone is 2. The molecule has 2 rings (SSSR count). The lowest BCUT2D eigenvalue weighted by atomic mass is 9.95. The second-order valence-corrected chi connectivity index (χ2v) is 5.86. The van der Waals surface area contributed by atoms with Gasteiger partial charge in [-0.3, -0.25) is 0 Å². The topological polar surface area (TPSA) is 0 Å². The Balaban J connectivity index is 2.07. The minimum absolute atomic E-state index is 0.288. The van der Waals surface area contributed by atoms with E-state index < -0.39 is 23.5 Å². The highest BCUT2D eigenvalue weighted by molar-refractivity contribution is 5.69. The van der Waals surface area contributed by atoms with E-state index in [1.807, 2.05) is 0 Å². The molecule has 0 spiro atoms. The summed E-state index contributed by atoms with van der Waals surface area (Å²) in [6.45, 7) is 7.56. The standard InChI is InChI=1S/C20H16F6/c1-13(15-5-3-7-17(11-15)19(21,22)23)9-10-14(2)16-6-4-8-18(12-16)20(24,25)26/h3-8,11-12H,1-2,9-10H2. The summed E-state index contributed by atoms with van der Waals surface area (Å²) in [5, 5.41) is 0. The number of hydrogen-bond donors (Lipinski definition) is 0. The van der Waals surface area contributed by atoms with Crippen molar-refractivity contribution >= 4 is 11.1 Å². The molecule has 2 aromatic rings. The first-order valence-electron chi connectivity index (χ1n) is 7.69. The Morgan fingerprint density at radius 2 is 1.00 bits per heavy atom. The predicted octanol–water partition coefficient (Wildman–Crippen LogP) is 7.23. The fourth-order valence-electron chi connectivity index (χ4n) is 2.42. The average Bonchev–Trinajstić information content (AvgIpc) is 2.58. The van der Waals surface area contributed by atoms with Gasteiger partial charge in [0.25, 0.3) is 0 Å². The molecule has 0 aliphatic heterocycles. The van der Waals surface area contributed by atoms with E-state index in [2.05, 4.69) is 13.2 Å². The second kappa shape index (κ2) is 7.40. The third kappa shape index (κ3) is 5.00. The number of rotatable bonds is 5. The van der Waals surface area contributed by atoms with E-state index in [-0.39, 0.29) is 12.8 Å². The molecule has 0 amide bonds. The molecule has 0 saturated heterocycles. The van der Waals surface area contributed by atoms with E-state index >= 15 is 0 Å². The lowest BCUT2D eigenvalue weighted by molar-refractivity contribution is -0.138. The Labute approximate surface area is 147 Å². The van der Waals surface area contributed by atoms with Crippen LogP contribution in [-0.2, 0) is 12.4 Å². The summed E-state index contributed by atoms with van der Waals surface area (Å²) in [7, 11) is 0. The van der Waals surface area contributed by atoms with Crippen molar-refractivity contribution in [3.8, 4) is 0 Å². The summed E-state index contributed by atoms with van der Waals surface area (Å²) < 4.78 is 76.6. The van der Waals surface area contributed by atoms with Crippen LogP contribution in [0.1, 0.15) is 35.1 Å². The van der Waals surface area contributed by atoms with Crippen LogP contribution in [0.5, 0.6) is 0 Å². The summed E-state index contributed by atoms with van der Waals surface area (Å²) in [6, 6.07) is 9.59. The van der Waals surface area contributed by atoms with Gasteiger partial charge in [-0.2, -0.15) is 26.3 Å². The van der Waals surface area contributed by atoms with Crippen LogP contribution in [0.4, 0.5) is 26.3 Å². The second-order valence-electron chi connectivity index (χ2n) is 5.86. The molecule has 26 heavy (non-hydrogen) atoms. The zero-order valence-corrected chi connectivity index (χ0v) is 13.7. The fraction of sp³-hybridized carbons (Fsp3) is 0.200. The largest absolute Gasteiger partial charge is 0.416 e. The smallest absolute Gasteiger partial charge is 0.166 e. The van der Waals surface area contributed by atoms with Crippen LogP contribution in [0.25, 0.3) is 11.1 Å². The fourth-order valence-corrected chi connectivity index (χ4v) is 2.42. The van der Waals surface area contributed by atoms with E-state index in [1.54, 1.807) is 0 Å². The van der Waals surface area contributed by atoms with Crippen molar-refractivity contribution in [2.45, 2.75) is 25.2 Å². The summed E-state index contributed by atoms with van der Waals surface area (Å²) >= 11 is 0. The molecular formula is C20H16F6. The van der Waals surface area contributed by atoms with E-state index in [9.17, 15) is 26.3 Å². The third-order valence-corrected chi connectivity index (χ3v) is 3.92. The quantitative estimate of drug-likeness (QED) is 0.487. The van der Waals surface area contributed by atoms with Gasteiger partial charge in [-0.1, -0.05) is 37.4 Å². The molecule has 0 N–H and O–H groups in total. The van der Waals surface area contributed by atoms with Crippen molar-refractivity contribution in [2.75, 3.05) is 0 Å². The van der Waals surface area contributed by atoms with Crippen LogP contribution in [0.15, 0.2) is 61.7 Å². The van der Waals surface area contributed by atoms with Gasteiger partial charge < -0.3 is 0 Å². The van der Waals surface area contributed by atoms with Crippen LogP contribution in [0, 0.1) is 0 Å². The van der Waals surface area contributed by atoms with E-state index in [0.29, 0.717) is 22.3 Å². The van der Waals surface area contributed by atoms with Gasteiger partial charge in [0.2, 0.25) is 0 Å². The molecule has 0 radical (unpaired) electrons. The molecule has 2 aromatic carbocycles. The minimum atomic E-state index is -4.45. The first-order valence-corrected chi connectivity index (χ1v) is 7.69. The Morgan fingerprint density at radius 1 is 0.654 bits per heavy atom. The molecule has 0 nitrogen and oxygen atoms in total. The van der Waals surface area contributed by atoms with Crippen LogP contribution in [-0.4, -0.2) is 0 Å². The number of benzene rings is 2. The molecule has 0 unspecified atom stereocenters. The van der Waals surface area contributed by atoms with Crippen molar-refractivity contribution < 1.29 is 26.3 Å². The molecule has 0 bridgehead atoms. The van der Waals surface area contributed by atoms with Gasteiger partial charge in [0.1, 0.15) is 0 Å². The Kier molecular flexibility index (Phi) is 5.64. The lowest BCUT2D eigenvalue weighted by Gasteiger charge is -2.13. The van der Waals surface area contributed by atoms with Crippen LogP contribution in [0.2, 0.25) is 0 Å². The molecular weight excluding hydrogens is 354 g/mol. The average molecular weight is 370 g/mol. The number of alkyl halides is 6. The van der Waals surface area contributed by atoms with Gasteiger partial charge in [-0.15, -0.1) is 0 Å².